The number of methoxy groups -OCH3 is 1. The van der Waals surface area contributed by atoms with Gasteiger partial charge in [-0.15, -0.1) is 0 Å². The Kier molecular flexibility index (Phi) is 4.75. The Morgan fingerprint density at radius 2 is 1.90 bits per heavy atom. The number of aryl methyl sites for hydroxylation is 2. The number of ether oxygens (including phenoxy) is 2. The van der Waals surface area contributed by atoms with Gasteiger partial charge in [-0.3, -0.25) is 0 Å². The van der Waals surface area contributed by atoms with Crippen LogP contribution in [0.4, 0.5) is 4.79 Å². The van der Waals surface area contributed by atoms with Crippen LogP contribution in [0.15, 0.2) is 0 Å². The van der Waals surface area contributed by atoms with Gasteiger partial charge in [0.05, 0.1) is 12.8 Å². The van der Waals surface area contributed by atoms with E-state index in [2.05, 4.69) is 20.0 Å². The van der Waals surface area contributed by atoms with E-state index in [1.165, 1.54) is 7.11 Å². The van der Waals surface area contributed by atoms with Crippen molar-refractivity contribution in [3.63, 3.8) is 0 Å². The first kappa shape index (κ1) is 16.0. The summed E-state index contributed by atoms with van der Waals surface area (Å²) in [6.07, 6.45) is -0.709. The van der Waals surface area contributed by atoms with Crippen molar-refractivity contribution in [1.82, 2.24) is 15.3 Å². The van der Waals surface area contributed by atoms with Crippen LogP contribution in [0.5, 0.6) is 0 Å². The number of nitrogens with one attached hydrogen (secondary N) is 2. The second-order valence-electron chi connectivity index (χ2n) is 5.43. The molecule has 1 heterocycles. The van der Waals surface area contributed by atoms with Crippen LogP contribution in [0.2, 0.25) is 0 Å². The monoisotopic (exact) mass is 283 g/mol. The molecule has 0 fully saturated rings. The van der Waals surface area contributed by atoms with Crippen LogP contribution >= 0.6 is 0 Å². The first-order chi connectivity index (χ1) is 9.14. The summed E-state index contributed by atoms with van der Waals surface area (Å²) in [6.45, 7) is 8.84. The van der Waals surface area contributed by atoms with E-state index >= 15 is 0 Å². The minimum absolute atomic E-state index is 0.317. The molecule has 0 saturated heterocycles. The van der Waals surface area contributed by atoms with E-state index in [0.29, 0.717) is 5.82 Å². The van der Waals surface area contributed by atoms with Crippen molar-refractivity contribution in [3.05, 3.63) is 17.2 Å². The molecule has 7 heteroatoms. The maximum Gasteiger partial charge on any atom is 0.408 e. The maximum absolute atomic E-state index is 11.8. The standard InChI is InChI=1S/C13H21N3O4/c1-7-8(2)15-10(14-7)9(11(17)19-6)16-12(18)20-13(3,4)5/h9H,1-6H3,(H,14,15)(H,16,18)/t9-/m0/s1. The quantitative estimate of drug-likeness (QED) is 0.824. The average molecular weight is 283 g/mol. The highest BCUT2D eigenvalue weighted by atomic mass is 16.6. The fraction of sp³-hybridized carbons (Fsp3) is 0.615. The predicted molar refractivity (Wildman–Crippen MR) is 72.2 cm³/mol. The predicted octanol–water partition coefficient (Wildman–Crippen LogP) is 1.77. The summed E-state index contributed by atoms with van der Waals surface area (Å²) < 4.78 is 9.80. The Bertz CT molecular complexity index is 483. The lowest BCUT2D eigenvalue weighted by atomic mass is 10.2. The Morgan fingerprint density at radius 1 is 1.30 bits per heavy atom. The van der Waals surface area contributed by atoms with Gasteiger partial charge in [0.25, 0.3) is 0 Å². The molecule has 0 spiro atoms. The van der Waals surface area contributed by atoms with Crippen molar-refractivity contribution in [3.8, 4) is 0 Å². The van der Waals surface area contributed by atoms with Crippen LogP contribution in [0, 0.1) is 13.8 Å². The molecule has 1 aromatic heterocycles. The zero-order valence-electron chi connectivity index (χ0n) is 12.7. The number of imidazole rings is 1. The molecule has 1 aromatic rings. The molecule has 0 aromatic carbocycles. The minimum atomic E-state index is -1.03. The Balaban J connectivity index is 2.91. The van der Waals surface area contributed by atoms with Crippen molar-refractivity contribution in [2.45, 2.75) is 46.3 Å². The van der Waals surface area contributed by atoms with Crippen molar-refractivity contribution < 1.29 is 19.1 Å². The lowest BCUT2D eigenvalue weighted by molar-refractivity contribution is -0.143. The lowest BCUT2D eigenvalue weighted by Gasteiger charge is -2.21. The van der Waals surface area contributed by atoms with Gasteiger partial charge in [-0.25, -0.2) is 14.6 Å². The van der Waals surface area contributed by atoms with Crippen molar-refractivity contribution in [2.75, 3.05) is 7.11 Å². The number of carbonyl (C=O) groups excluding carboxylic acids is 2. The number of H-pyrrole nitrogens is 1. The summed E-state index contributed by atoms with van der Waals surface area (Å²) in [6, 6.07) is -1.03. The molecule has 0 radical (unpaired) electrons. The van der Waals surface area contributed by atoms with Gasteiger partial charge in [-0.05, 0) is 34.6 Å². The van der Waals surface area contributed by atoms with Gasteiger partial charge < -0.3 is 19.8 Å². The number of carbonyl (C=O) groups is 2. The molecule has 0 aliphatic heterocycles. The molecule has 0 unspecified atom stereocenters. The minimum Gasteiger partial charge on any atom is -0.467 e. The van der Waals surface area contributed by atoms with E-state index in [0.717, 1.165) is 11.4 Å². The molecular weight excluding hydrogens is 262 g/mol. The van der Waals surface area contributed by atoms with Crippen LogP contribution in [-0.2, 0) is 14.3 Å². The number of alkyl carbamates (subject to hydrolysis) is 1. The molecule has 0 bridgehead atoms. The van der Waals surface area contributed by atoms with Gasteiger partial charge in [-0.1, -0.05) is 0 Å². The summed E-state index contributed by atoms with van der Waals surface area (Å²) in [4.78, 5) is 30.7. The third-order valence-corrected chi connectivity index (χ3v) is 2.52. The number of hydrogen-bond acceptors (Lipinski definition) is 5. The summed E-state index contributed by atoms with van der Waals surface area (Å²) >= 11 is 0. The smallest absolute Gasteiger partial charge is 0.408 e. The van der Waals surface area contributed by atoms with E-state index in [4.69, 9.17) is 4.74 Å². The van der Waals surface area contributed by atoms with Gasteiger partial charge in [-0.2, -0.15) is 0 Å². The largest absolute Gasteiger partial charge is 0.467 e. The highest BCUT2D eigenvalue weighted by Gasteiger charge is 2.29. The SMILES string of the molecule is COC(=O)[C@@H](NC(=O)OC(C)(C)C)c1nc(C)c(C)[nH]1. The molecule has 2 N–H and O–H groups in total. The Hall–Kier alpha value is -2.05. The van der Waals surface area contributed by atoms with Crippen LogP contribution in [0.3, 0.4) is 0 Å². The van der Waals surface area contributed by atoms with Crippen molar-refractivity contribution in [2.24, 2.45) is 0 Å². The van der Waals surface area contributed by atoms with Crippen LogP contribution in [0.25, 0.3) is 0 Å². The number of amides is 1. The third kappa shape index (κ3) is 4.25. The Labute approximate surface area is 118 Å². The van der Waals surface area contributed by atoms with Crippen LogP contribution in [-0.4, -0.2) is 34.7 Å². The first-order valence-corrected chi connectivity index (χ1v) is 6.24. The summed E-state index contributed by atoms with van der Waals surface area (Å²) in [5.41, 5.74) is 0.916. The zero-order chi connectivity index (χ0) is 15.5. The molecule has 0 saturated carbocycles. The summed E-state index contributed by atoms with van der Waals surface area (Å²) in [7, 11) is 1.24. The lowest BCUT2D eigenvalue weighted by Crippen LogP contribution is -2.39. The van der Waals surface area contributed by atoms with Gasteiger partial charge >= 0.3 is 12.1 Å². The molecule has 7 nitrogen and oxygen atoms in total. The van der Waals surface area contributed by atoms with Gasteiger partial charge in [0.2, 0.25) is 0 Å². The first-order valence-electron chi connectivity index (χ1n) is 6.24. The fourth-order valence-electron chi connectivity index (χ4n) is 1.49. The van der Waals surface area contributed by atoms with Gasteiger partial charge in [0.1, 0.15) is 11.4 Å². The average Bonchev–Trinajstić information content (AvgIpc) is 2.63. The van der Waals surface area contributed by atoms with Gasteiger partial charge in [0, 0.05) is 5.69 Å². The Morgan fingerprint density at radius 3 is 2.30 bits per heavy atom. The molecular formula is C13H21N3O4. The van der Waals surface area contributed by atoms with Crippen molar-refractivity contribution in [1.29, 1.82) is 0 Å². The number of hydrogen-bond donors (Lipinski definition) is 2. The van der Waals surface area contributed by atoms with E-state index in [1.807, 2.05) is 6.92 Å². The van der Waals surface area contributed by atoms with Crippen LogP contribution in [0.1, 0.15) is 44.0 Å². The number of aromatic amines is 1. The van der Waals surface area contributed by atoms with E-state index in [-0.39, 0.29) is 0 Å². The zero-order valence-corrected chi connectivity index (χ0v) is 12.7. The normalized spacial score (nSPS) is 12.7. The molecule has 0 aliphatic carbocycles. The van der Waals surface area contributed by atoms with Crippen LogP contribution < -0.4 is 5.32 Å². The number of aromatic nitrogens is 2. The molecule has 1 amide bonds. The number of nitrogens with zero attached hydrogens (tertiary/aromatic N) is 1. The van der Waals surface area contributed by atoms with Gasteiger partial charge in [0.15, 0.2) is 6.04 Å². The molecule has 112 valence electrons. The molecule has 0 aliphatic rings. The maximum atomic E-state index is 11.8. The topological polar surface area (TPSA) is 93.3 Å². The fourth-order valence-corrected chi connectivity index (χ4v) is 1.49. The second-order valence-corrected chi connectivity index (χ2v) is 5.43. The van der Waals surface area contributed by atoms with E-state index in [1.54, 1.807) is 27.7 Å². The molecule has 1 atom stereocenters. The molecule has 20 heavy (non-hydrogen) atoms. The van der Waals surface area contributed by atoms with Crippen molar-refractivity contribution >= 4 is 12.1 Å². The summed E-state index contributed by atoms with van der Waals surface area (Å²) in [5.74, 6) is -0.303. The van der Waals surface area contributed by atoms with E-state index < -0.39 is 23.7 Å². The third-order valence-electron chi connectivity index (χ3n) is 2.52. The highest BCUT2D eigenvalue weighted by Crippen LogP contribution is 2.15. The van der Waals surface area contributed by atoms with E-state index in [9.17, 15) is 9.59 Å². The molecule has 1 rings (SSSR count). The highest BCUT2D eigenvalue weighted by molar-refractivity contribution is 5.82. The number of esters is 1. The number of rotatable bonds is 3. The second kappa shape index (κ2) is 5.94. The summed E-state index contributed by atoms with van der Waals surface area (Å²) in [5, 5.41) is 2.45.